The lowest BCUT2D eigenvalue weighted by Gasteiger charge is -2.28. The zero-order chi connectivity index (χ0) is 14.3. The van der Waals surface area contributed by atoms with E-state index in [1.807, 2.05) is 0 Å². The van der Waals surface area contributed by atoms with Gasteiger partial charge in [-0.2, -0.15) is 0 Å². The van der Waals surface area contributed by atoms with Crippen molar-refractivity contribution >= 4 is 17.8 Å². The first-order valence-corrected chi connectivity index (χ1v) is 5.87. The van der Waals surface area contributed by atoms with Crippen molar-refractivity contribution in [2.24, 2.45) is 0 Å². The molecule has 1 aromatic carbocycles. The number of carbonyl (C=O) groups is 3. The quantitative estimate of drug-likeness (QED) is 0.742. The number of imide groups is 1. The molecule has 104 valence electrons. The fourth-order valence-corrected chi connectivity index (χ4v) is 2.19. The van der Waals surface area contributed by atoms with Crippen molar-refractivity contribution in [3.63, 3.8) is 0 Å². The van der Waals surface area contributed by atoms with Crippen LogP contribution in [-0.2, 0) is 9.68 Å². The van der Waals surface area contributed by atoms with Crippen LogP contribution in [0.4, 0.5) is 0 Å². The van der Waals surface area contributed by atoms with E-state index in [9.17, 15) is 14.4 Å². The number of carboxylic acids is 1. The summed E-state index contributed by atoms with van der Waals surface area (Å²) in [5, 5.41) is 8.92. The third-order valence-electron chi connectivity index (χ3n) is 3.16. The average molecular weight is 278 g/mol. The molecule has 1 aromatic rings. The van der Waals surface area contributed by atoms with E-state index in [1.165, 1.54) is 18.2 Å². The summed E-state index contributed by atoms with van der Waals surface area (Å²) in [6.07, 6.45) is -0.436. The summed E-state index contributed by atoms with van der Waals surface area (Å²) in [5.41, 5.74) is 2.38. The van der Waals surface area contributed by atoms with Gasteiger partial charge in [-0.25, -0.2) is 9.69 Å². The molecule has 2 heterocycles. The topological polar surface area (TPSA) is 105 Å². The Kier molecular flexibility index (Phi) is 2.97. The van der Waals surface area contributed by atoms with Gasteiger partial charge in [-0.15, -0.1) is 0 Å². The van der Waals surface area contributed by atoms with Crippen molar-refractivity contribution in [1.82, 2.24) is 10.5 Å². The first-order chi connectivity index (χ1) is 9.59. The minimum Gasteiger partial charge on any atom is -0.478 e. The SMILES string of the molecule is O=C(O)c1ccc2c(c1)C(=O)N(C1CCONO1)C2=O. The van der Waals surface area contributed by atoms with Gasteiger partial charge in [-0.1, -0.05) is 5.64 Å². The number of carbonyl (C=O) groups excluding carboxylic acids is 2. The Hall–Kier alpha value is -2.29. The number of nitrogens with one attached hydrogen (secondary N) is 1. The minimum absolute atomic E-state index is 0.0437. The van der Waals surface area contributed by atoms with E-state index in [-0.39, 0.29) is 16.7 Å². The second-order valence-corrected chi connectivity index (χ2v) is 4.34. The summed E-state index contributed by atoms with van der Waals surface area (Å²) in [5.74, 6) is -2.23. The number of rotatable bonds is 2. The monoisotopic (exact) mass is 278 g/mol. The normalized spacial score (nSPS) is 22.0. The number of hydrogen-bond acceptors (Lipinski definition) is 6. The summed E-state index contributed by atoms with van der Waals surface area (Å²) in [7, 11) is 0. The van der Waals surface area contributed by atoms with Crippen LogP contribution in [0.5, 0.6) is 0 Å². The lowest BCUT2D eigenvalue weighted by Crippen LogP contribution is -2.47. The third-order valence-corrected chi connectivity index (χ3v) is 3.16. The number of fused-ring (bicyclic) bond motifs is 1. The van der Waals surface area contributed by atoms with Crippen molar-refractivity contribution in [3.8, 4) is 0 Å². The Balaban J connectivity index is 1.96. The third kappa shape index (κ3) is 1.86. The Morgan fingerprint density at radius 2 is 2.05 bits per heavy atom. The molecule has 2 N–H and O–H groups in total. The highest BCUT2D eigenvalue weighted by molar-refractivity contribution is 6.22. The molecule has 0 saturated carbocycles. The molecule has 0 spiro atoms. The molecule has 0 radical (unpaired) electrons. The molecule has 2 amide bonds. The molecular formula is C12H10N2O6. The fraction of sp³-hybridized carbons (Fsp3) is 0.250. The van der Waals surface area contributed by atoms with Crippen LogP contribution in [0.2, 0.25) is 0 Å². The van der Waals surface area contributed by atoms with Crippen molar-refractivity contribution in [2.75, 3.05) is 6.61 Å². The van der Waals surface area contributed by atoms with Gasteiger partial charge in [0, 0.05) is 6.42 Å². The van der Waals surface area contributed by atoms with Gasteiger partial charge in [0.25, 0.3) is 11.8 Å². The van der Waals surface area contributed by atoms with Gasteiger partial charge in [0.1, 0.15) is 0 Å². The highest BCUT2D eigenvalue weighted by Crippen LogP contribution is 2.27. The number of carboxylic acid groups (broad SMARTS) is 1. The van der Waals surface area contributed by atoms with E-state index in [1.54, 1.807) is 0 Å². The second-order valence-electron chi connectivity index (χ2n) is 4.34. The summed E-state index contributed by atoms with van der Waals surface area (Å²) in [6, 6.07) is 3.83. The number of amides is 2. The molecule has 0 aliphatic carbocycles. The summed E-state index contributed by atoms with van der Waals surface area (Å²) in [4.78, 5) is 46.1. The summed E-state index contributed by atoms with van der Waals surface area (Å²) in [6.45, 7) is 0.290. The lowest BCUT2D eigenvalue weighted by molar-refractivity contribution is -0.259. The Morgan fingerprint density at radius 3 is 2.70 bits per heavy atom. The van der Waals surface area contributed by atoms with Gasteiger partial charge in [-0.05, 0) is 18.2 Å². The van der Waals surface area contributed by atoms with Crippen LogP contribution in [0.3, 0.4) is 0 Å². The van der Waals surface area contributed by atoms with Gasteiger partial charge in [-0.3, -0.25) is 19.3 Å². The Labute approximate surface area is 112 Å². The molecular weight excluding hydrogens is 268 g/mol. The van der Waals surface area contributed by atoms with Gasteiger partial charge in [0.15, 0.2) is 6.23 Å². The standard InChI is InChI=1S/C12H10N2O6/c15-10-7-2-1-6(12(17)18)5-8(7)11(16)14(10)9-3-4-19-13-20-9/h1-2,5,9,13H,3-4H2,(H,17,18). The highest BCUT2D eigenvalue weighted by Gasteiger charge is 2.41. The Bertz CT molecular complexity index is 608. The maximum Gasteiger partial charge on any atom is 0.335 e. The molecule has 1 fully saturated rings. The van der Waals surface area contributed by atoms with E-state index in [0.29, 0.717) is 13.0 Å². The van der Waals surface area contributed by atoms with Crippen LogP contribution in [0.25, 0.3) is 0 Å². The number of nitrogens with zero attached hydrogens (tertiary/aromatic N) is 1. The molecule has 0 bridgehead atoms. The molecule has 8 heteroatoms. The van der Waals surface area contributed by atoms with E-state index in [4.69, 9.17) is 14.8 Å². The largest absolute Gasteiger partial charge is 0.478 e. The number of hydrogen-bond donors (Lipinski definition) is 2. The lowest BCUT2D eigenvalue weighted by atomic mass is 10.1. The maximum absolute atomic E-state index is 12.2. The van der Waals surface area contributed by atoms with E-state index < -0.39 is 24.0 Å². The summed E-state index contributed by atoms with van der Waals surface area (Å²) >= 11 is 0. The first-order valence-electron chi connectivity index (χ1n) is 5.87. The van der Waals surface area contributed by atoms with Crippen LogP contribution in [-0.4, -0.2) is 40.6 Å². The molecule has 1 atom stereocenters. The second kappa shape index (κ2) is 4.67. The molecule has 3 rings (SSSR count). The number of benzene rings is 1. The van der Waals surface area contributed by atoms with Crippen LogP contribution in [0, 0.1) is 0 Å². The van der Waals surface area contributed by atoms with Crippen molar-refractivity contribution in [1.29, 1.82) is 0 Å². The van der Waals surface area contributed by atoms with Crippen LogP contribution in [0.1, 0.15) is 37.5 Å². The van der Waals surface area contributed by atoms with Crippen molar-refractivity contribution in [3.05, 3.63) is 34.9 Å². The fourth-order valence-electron chi connectivity index (χ4n) is 2.19. The zero-order valence-corrected chi connectivity index (χ0v) is 10.2. The van der Waals surface area contributed by atoms with Crippen molar-refractivity contribution < 1.29 is 29.2 Å². The van der Waals surface area contributed by atoms with Gasteiger partial charge in [0.05, 0.1) is 23.3 Å². The van der Waals surface area contributed by atoms with Gasteiger partial charge >= 0.3 is 5.97 Å². The van der Waals surface area contributed by atoms with Crippen molar-refractivity contribution in [2.45, 2.75) is 12.6 Å². The van der Waals surface area contributed by atoms with Crippen LogP contribution < -0.4 is 5.64 Å². The highest BCUT2D eigenvalue weighted by atomic mass is 16.9. The molecule has 1 unspecified atom stereocenters. The van der Waals surface area contributed by atoms with E-state index in [0.717, 1.165) is 4.90 Å². The summed E-state index contributed by atoms with van der Waals surface area (Å²) < 4.78 is 0. The molecule has 2 aliphatic heterocycles. The maximum atomic E-state index is 12.2. The van der Waals surface area contributed by atoms with Gasteiger partial charge < -0.3 is 5.11 Å². The minimum atomic E-state index is -1.16. The smallest absolute Gasteiger partial charge is 0.335 e. The van der Waals surface area contributed by atoms with Crippen LogP contribution >= 0.6 is 0 Å². The predicted molar refractivity (Wildman–Crippen MR) is 62.5 cm³/mol. The van der Waals surface area contributed by atoms with E-state index >= 15 is 0 Å². The number of aromatic carboxylic acids is 1. The molecule has 8 nitrogen and oxygen atoms in total. The average Bonchev–Trinajstić information content (AvgIpc) is 2.71. The molecule has 20 heavy (non-hydrogen) atoms. The van der Waals surface area contributed by atoms with E-state index in [2.05, 4.69) is 5.64 Å². The van der Waals surface area contributed by atoms with Crippen LogP contribution in [0.15, 0.2) is 18.2 Å². The zero-order valence-electron chi connectivity index (χ0n) is 10.2. The molecule has 1 saturated heterocycles. The molecule has 2 aliphatic rings. The Morgan fingerprint density at radius 1 is 1.30 bits per heavy atom. The predicted octanol–water partition coefficient (Wildman–Crippen LogP) is 0.163. The van der Waals surface area contributed by atoms with Gasteiger partial charge in [0.2, 0.25) is 0 Å². The first kappa shape index (κ1) is 12.7. The molecule has 0 aromatic heterocycles.